The molecule has 0 unspecified atom stereocenters. The Morgan fingerprint density at radius 1 is 0.607 bits per heavy atom. The van der Waals surface area contributed by atoms with E-state index in [1.165, 1.54) is 24.3 Å². The zero-order chi connectivity index (χ0) is 21.8. The maximum atomic E-state index is 12.3. The number of methoxy groups -OCH3 is 4. The molecule has 8 nitrogen and oxygen atoms in total. The van der Waals surface area contributed by atoms with Gasteiger partial charge in [-0.2, -0.15) is 0 Å². The first kappa shape index (κ1) is 25.1. The molecule has 0 saturated carbocycles. The normalized spacial score (nSPS) is 11.4. The minimum absolute atomic E-state index is 0.0114. The number of carbonyl (C=O) groups is 4. The summed E-state index contributed by atoms with van der Waals surface area (Å²) in [6.07, 6.45) is 5.64. The van der Waals surface area contributed by atoms with Gasteiger partial charge in [-0.05, 0) is 25.7 Å². The van der Waals surface area contributed by atoms with Crippen molar-refractivity contribution in [1.82, 2.24) is 0 Å². The second kappa shape index (κ2) is 11.7. The van der Waals surface area contributed by atoms with Crippen LogP contribution in [0.2, 0.25) is 0 Å². The molecule has 156 valence electrons. The molecule has 0 heterocycles. The molecule has 0 aromatic heterocycles. The van der Waals surface area contributed by atoms with E-state index in [4.69, 9.17) is 18.9 Å². The molecule has 0 N–H and O–H groups in total. The SMILES string of the molecule is C=CCC(C/C=C/CC(CC=C)(C(=O)OC)C(=O)OC)(C(=O)OC)C(=O)OC. The van der Waals surface area contributed by atoms with Gasteiger partial charge in [-0.15, -0.1) is 13.2 Å². The molecule has 0 atom stereocenters. The van der Waals surface area contributed by atoms with E-state index in [1.807, 2.05) is 0 Å². The van der Waals surface area contributed by atoms with Crippen molar-refractivity contribution in [3.05, 3.63) is 37.5 Å². The largest absolute Gasteiger partial charge is 0.468 e. The molecule has 8 heteroatoms. The minimum Gasteiger partial charge on any atom is -0.468 e. The van der Waals surface area contributed by atoms with E-state index in [9.17, 15) is 19.2 Å². The molecule has 28 heavy (non-hydrogen) atoms. The Balaban J connectivity index is 5.81. The Hall–Kier alpha value is -2.90. The first-order valence-electron chi connectivity index (χ1n) is 8.46. The van der Waals surface area contributed by atoms with Gasteiger partial charge in [-0.3, -0.25) is 19.2 Å². The molecule has 0 rings (SSSR count). The van der Waals surface area contributed by atoms with E-state index in [2.05, 4.69) is 13.2 Å². The number of carbonyl (C=O) groups excluding carboxylic acids is 4. The predicted octanol–water partition coefficient (Wildman–Crippen LogP) is 2.14. The van der Waals surface area contributed by atoms with E-state index >= 15 is 0 Å². The van der Waals surface area contributed by atoms with E-state index in [0.29, 0.717) is 0 Å². The van der Waals surface area contributed by atoms with Gasteiger partial charge in [0.2, 0.25) is 0 Å². The average Bonchev–Trinajstić information content (AvgIpc) is 2.72. The second-order valence-electron chi connectivity index (χ2n) is 6.00. The van der Waals surface area contributed by atoms with E-state index in [0.717, 1.165) is 28.4 Å². The van der Waals surface area contributed by atoms with Crippen LogP contribution < -0.4 is 0 Å². The highest BCUT2D eigenvalue weighted by molar-refractivity contribution is 6.01. The molecule has 0 aliphatic rings. The van der Waals surface area contributed by atoms with E-state index in [1.54, 1.807) is 0 Å². The fraction of sp³-hybridized carbons (Fsp3) is 0.500. The van der Waals surface area contributed by atoms with Crippen molar-refractivity contribution in [3.63, 3.8) is 0 Å². The van der Waals surface area contributed by atoms with Crippen molar-refractivity contribution < 1.29 is 38.1 Å². The quantitative estimate of drug-likeness (QED) is 0.214. The van der Waals surface area contributed by atoms with Crippen LogP contribution >= 0.6 is 0 Å². The van der Waals surface area contributed by atoms with Gasteiger partial charge in [0, 0.05) is 0 Å². The summed E-state index contributed by atoms with van der Waals surface area (Å²) in [7, 11) is 4.65. The van der Waals surface area contributed by atoms with Crippen LogP contribution in [-0.2, 0) is 38.1 Å². The number of ether oxygens (including phenoxy) is 4. The zero-order valence-electron chi connectivity index (χ0n) is 16.8. The Labute approximate surface area is 165 Å². The van der Waals surface area contributed by atoms with E-state index in [-0.39, 0.29) is 25.7 Å². The fourth-order valence-electron chi connectivity index (χ4n) is 2.84. The molecule has 0 aromatic rings. The molecule has 0 aliphatic carbocycles. The van der Waals surface area contributed by atoms with Crippen molar-refractivity contribution in [2.45, 2.75) is 25.7 Å². The van der Waals surface area contributed by atoms with Crippen molar-refractivity contribution in [1.29, 1.82) is 0 Å². The lowest BCUT2D eigenvalue weighted by Crippen LogP contribution is -2.41. The maximum absolute atomic E-state index is 12.3. The van der Waals surface area contributed by atoms with Crippen LogP contribution in [0.3, 0.4) is 0 Å². The third kappa shape index (κ3) is 5.31. The van der Waals surface area contributed by atoms with Gasteiger partial charge in [-0.1, -0.05) is 24.3 Å². The van der Waals surface area contributed by atoms with Crippen LogP contribution in [0.1, 0.15) is 25.7 Å². The van der Waals surface area contributed by atoms with Gasteiger partial charge in [0.25, 0.3) is 0 Å². The number of hydrogen-bond acceptors (Lipinski definition) is 8. The summed E-state index contributed by atoms with van der Waals surface area (Å²) < 4.78 is 19.0. The van der Waals surface area contributed by atoms with Gasteiger partial charge in [0.05, 0.1) is 28.4 Å². The fourth-order valence-corrected chi connectivity index (χ4v) is 2.84. The Kier molecular flexibility index (Phi) is 10.5. The van der Waals surface area contributed by atoms with E-state index < -0.39 is 34.7 Å². The highest BCUT2D eigenvalue weighted by Crippen LogP contribution is 2.34. The van der Waals surface area contributed by atoms with Crippen molar-refractivity contribution in [2.24, 2.45) is 10.8 Å². The number of rotatable bonds is 12. The van der Waals surface area contributed by atoms with Crippen LogP contribution in [0.15, 0.2) is 37.5 Å². The molecule has 0 fully saturated rings. The molecule has 0 spiro atoms. The van der Waals surface area contributed by atoms with Crippen LogP contribution in [-0.4, -0.2) is 52.3 Å². The summed E-state index contributed by atoms with van der Waals surface area (Å²) >= 11 is 0. The molecule has 0 amide bonds. The van der Waals surface area contributed by atoms with Crippen molar-refractivity contribution >= 4 is 23.9 Å². The molecule has 0 saturated heterocycles. The van der Waals surface area contributed by atoms with Crippen molar-refractivity contribution in [3.8, 4) is 0 Å². The van der Waals surface area contributed by atoms with Gasteiger partial charge in [0.15, 0.2) is 10.8 Å². The summed E-state index contributed by atoms with van der Waals surface area (Å²) in [5.74, 6) is -3.10. The number of allylic oxidation sites excluding steroid dienone is 4. The molecular formula is C20H28O8. The first-order valence-corrected chi connectivity index (χ1v) is 8.46. The van der Waals surface area contributed by atoms with Gasteiger partial charge in [-0.25, -0.2) is 0 Å². The Morgan fingerprint density at radius 2 is 0.857 bits per heavy atom. The standard InChI is InChI=1S/C20H28O8/c1-7-11-19(15(21)25-3,16(22)26-4)13-9-10-14-20(12-8-2,17(23)27-5)18(24)28-6/h7-10H,1-2,11-14H2,3-6H3/b10-9+. The lowest BCUT2D eigenvalue weighted by atomic mass is 9.78. The topological polar surface area (TPSA) is 105 Å². The van der Waals surface area contributed by atoms with Crippen molar-refractivity contribution in [2.75, 3.05) is 28.4 Å². The summed E-state index contributed by atoms with van der Waals surface area (Å²) in [6, 6.07) is 0. The number of hydrogen-bond donors (Lipinski definition) is 0. The number of esters is 4. The summed E-state index contributed by atoms with van der Waals surface area (Å²) in [5, 5.41) is 0. The molecule has 0 aromatic carbocycles. The van der Waals surface area contributed by atoms with Crippen LogP contribution in [0, 0.1) is 10.8 Å². The zero-order valence-corrected chi connectivity index (χ0v) is 16.8. The molecule has 0 radical (unpaired) electrons. The summed E-state index contributed by atoms with van der Waals surface area (Å²) in [4.78, 5) is 49.0. The summed E-state index contributed by atoms with van der Waals surface area (Å²) in [6.45, 7) is 7.13. The smallest absolute Gasteiger partial charge is 0.323 e. The average molecular weight is 396 g/mol. The molecular weight excluding hydrogens is 368 g/mol. The van der Waals surface area contributed by atoms with Crippen LogP contribution in [0.5, 0.6) is 0 Å². The Morgan fingerprint density at radius 3 is 1.04 bits per heavy atom. The van der Waals surface area contributed by atoms with Crippen LogP contribution in [0.25, 0.3) is 0 Å². The highest BCUT2D eigenvalue weighted by atomic mass is 16.6. The molecule has 0 aliphatic heterocycles. The third-order valence-electron chi connectivity index (χ3n) is 4.39. The predicted molar refractivity (Wildman–Crippen MR) is 101 cm³/mol. The van der Waals surface area contributed by atoms with Gasteiger partial charge < -0.3 is 18.9 Å². The molecule has 0 bridgehead atoms. The second-order valence-corrected chi connectivity index (χ2v) is 6.00. The minimum atomic E-state index is -1.61. The maximum Gasteiger partial charge on any atom is 0.323 e. The lowest BCUT2D eigenvalue weighted by molar-refractivity contribution is -0.170. The van der Waals surface area contributed by atoms with Gasteiger partial charge >= 0.3 is 23.9 Å². The van der Waals surface area contributed by atoms with Gasteiger partial charge in [0.1, 0.15) is 0 Å². The van der Waals surface area contributed by atoms with Crippen LogP contribution in [0.4, 0.5) is 0 Å². The highest BCUT2D eigenvalue weighted by Gasteiger charge is 2.48. The lowest BCUT2D eigenvalue weighted by Gasteiger charge is -2.27. The monoisotopic (exact) mass is 396 g/mol. The summed E-state index contributed by atoms with van der Waals surface area (Å²) in [5.41, 5.74) is -3.22. The Bertz CT molecular complexity index is 546. The first-order chi connectivity index (χ1) is 13.3. The third-order valence-corrected chi connectivity index (χ3v) is 4.39.